The largest absolute Gasteiger partial charge is 0.326 e. The molecule has 0 aromatic heterocycles. The summed E-state index contributed by atoms with van der Waals surface area (Å²) in [6.45, 7) is 10.5. The Labute approximate surface area is 67.3 Å². The van der Waals surface area contributed by atoms with Crippen LogP contribution in [0.5, 0.6) is 0 Å². The number of nitrogens with one attached hydrogen (secondary N) is 1. The lowest BCUT2D eigenvalue weighted by Crippen LogP contribution is -2.17. The molecule has 2 heteroatoms. The summed E-state index contributed by atoms with van der Waals surface area (Å²) in [6.07, 6.45) is 3.34. The van der Waals surface area contributed by atoms with Gasteiger partial charge < -0.3 is 5.32 Å². The molecule has 0 aromatic rings. The van der Waals surface area contributed by atoms with Gasteiger partial charge in [0, 0.05) is 12.6 Å². The molecule has 60 valence electrons. The van der Waals surface area contributed by atoms with E-state index in [-0.39, 0.29) is 5.91 Å². The average Bonchev–Trinajstić information content (AvgIpc) is 1.84. The van der Waals surface area contributed by atoms with Gasteiger partial charge in [-0.15, -0.1) is 0 Å². The second-order valence-electron chi connectivity index (χ2n) is 2.33. The number of amides is 1. The fourth-order valence-electron chi connectivity index (χ4n) is 0.615. The quantitative estimate of drug-likeness (QED) is 0.612. The molecule has 0 unspecified atom stereocenters. The number of hydrogen-bond acceptors (Lipinski definition) is 1. The third-order valence-electron chi connectivity index (χ3n) is 0.942. The molecular weight excluding hydrogens is 138 g/mol. The second-order valence-corrected chi connectivity index (χ2v) is 2.33. The SMILES string of the molecule is C=C/C(=C\C(=C)C)NC(C)=O. The molecule has 0 aliphatic rings. The third-order valence-corrected chi connectivity index (χ3v) is 0.942. The van der Waals surface area contributed by atoms with Crippen molar-refractivity contribution >= 4 is 5.91 Å². The van der Waals surface area contributed by atoms with Gasteiger partial charge in [-0.1, -0.05) is 18.7 Å². The van der Waals surface area contributed by atoms with Gasteiger partial charge in [-0.05, 0) is 19.1 Å². The van der Waals surface area contributed by atoms with Gasteiger partial charge in [-0.25, -0.2) is 0 Å². The van der Waals surface area contributed by atoms with E-state index in [1.165, 1.54) is 6.92 Å². The molecule has 0 saturated heterocycles. The Kier molecular flexibility index (Phi) is 3.96. The first-order chi connectivity index (χ1) is 5.06. The van der Waals surface area contributed by atoms with Crippen molar-refractivity contribution in [1.29, 1.82) is 0 Å². The Morgan fingerprint density at radius 2 is 2.00 bits per heavy atom. The molecule has 0 aromatic carbocycles. The van der Waals surface area contributed by atoms with Crippen LogP contribution < -0.4 is 5.32 Å². The van der Waals surface area contributed by atoms with Gasteiger partial charge in [0.05, 0.1) is 0 Å². The van der Waals surface area contributed by atoms with Crippen molar-refractivity contribution in [2.24, 2.45) is 0 Å². The van der Waals surface area contributed by atoms with Crippen LogP contribution in [-0.4, -0.2) is 5.91 Å². The van der Waals surface area contributed by atoms with E-state index < -0.39 is 0 Å². The minimum absolute atomic E-state index is 0.0996. The Bertz CT molecular complexity index is 214. The summed E-state index contributed by atoms with van der Waals surface area (Å²) in [6, 6.07) is 0. The smallest absolute Gasteiger partial charge is 0.221 e. The van der Waals surface area contributed by atoms with Gasteiger partial charge >= 0.3 is 0 Å². The summed E-state index contributed by atoms with van der Waals surface area (Å²) in [4.78, 5) is 10.6. The molecular formula is C9H13NO. The van der Waals surface area contributed by atoms with E-state index in [2.05, 4.69) is 18.5 Å². The lowest BCUT2D eigenvalue weighted by atomic mass is 10.2. The van der Waals surface area contributed by atoms with Crippen molar-refractivity contribution < 1.29 is 4.79 Å². The molecule has 0 rings (SSSR count). The highest BCUT2D eigenvalue weighted by Gasteiger charge is 1.92. The van der Waals surface area contributed by atoms with E-state index >= 15 is 0 Å². The Hall–Kier alpha value is -1.31. The Morgan fingerprint density at radius 3 is 2.27 bits per heavy atom. The van der Waals surface area contributed by atoms with Crippen molar-refractivity contribution in [3.8, 4) is 0 Å². The van der Waals surface area contributed by atoms with E-state index in [9.17, 15) is 4.79 Å². The first-order valence-corrected chi connectivity index (χ1v) is 3.33. The zero-order valence-electron chi connectivity index (χ0n) is 6.98. The number of carbonyl (C=O) groups is 1. The molecule has 1 N–H and O–H groups in total. The zero-order valence-corrected chi connectivity index (χ0v) is 6.98. The zero-order chi connectivity index (χ0) is 8.85. The van der Waals surface area contributed by atoms with Gasteiger partial charge in [-0.3, -0.25) is 4.79 Å². The fourth-order valence-corrected chi connectivity index (χ4v) is 0.615. The summed E-state index contributed by atoms with van der Waals surface area (Å²) < 4.78 is 0. The summed E-state index contributed by atoms with van der Waals surface area (Å²) >= 11 is 0. The van der Waals surface area contributed by atoms with Crippen LogP contribution in [0.4, 0.5) is 0 Å². The standard InChI is InChI=1S/C9H13NO/c1-5-9(6-7(2)3)10-8(4)11/h5-6H,1-2H2,3-4H3,(H,10,11)/b9-6+. The molecule has 2 nitrogen and oxygen atoms in total. The van der Waals surface area contributed by atoms with Crippen LogP contribution in [0.2, 0.25) is 0 Å². The molecule has 0 radical (unpaired) electrons. The maximum Gasteiger partial charge on any atom is 0.221 e. The maximum absolute atomic E-state index is 10.6. The monoisotopic (exact) mass is 151 g/mol. The topological polar surface area (TPSA) is 29.1 Å². The van der Waals surface area contributed by atoms with Crippen LogP contribution in [0.25, 0.3) is 0 Å². The first-order valence-electron chi connectivity index (χ1n) is 3.33. The van der Waals surface area contributed by atoms with Gasteiger partial charge in [0.2, 0.25) is 5.91 Å². The molecule has 0 saturated carbocycles. The number of allylic oxidation sites excluding steroid dienone is 3. The maximum atomic E-state index is 10.6. The lowest BCUT2D eigenvalue weighted by Gasteiger charge is -2.01. The third kappa shape index (κ3) is 5.15. The van der Waals surface area contributed by atoms with Crippen molar-refractivity contribution in [1.82, 2.24) is 5.32 Å². The van der Waals surface area contributed by atoms with Gasteiger partial charge in [0.15, 0.2) is 0 Å². The molecule has 0 spiro atoms. The average molecular weight is 151 g/mol. The molecule has 1 amide bonds. The predicted molar refractivity (Wildman–Crippen MR) is 46.9 cm³/mol. The summed E-state index contributed by atoms with van der Waals surface area (Å²) in [5.41, 5.74) is 1.57. The Morgan fingerprint density at radius 1 is 1.45 bits per heavy atom. The number of carbonyl (C=O) groups excluding carboxylic acids is 1. The van der Waals surface area contributed by atoms with E-state index in [4.69, 9.17) is 0 Å². The molecule has 0 aliphatic heterocycles. The van der Waals surface area contributed by atoms with E-state index in [0.717, 1.165) is 5.57 Å². The van der Waals surface area contributed by atoms with Crippen LogP contribution in [0, 0.1) is 0 Å². The van der Waals surface area contributed by atoms with Crippen LogP contribution in [0.3, 0.4) is 0 Å². The van der Waals surface area contributed by atoms with Crippen molar-refractivity contribution in [3.05, 3.63) is 36.6 Å². The van der Waals surface area contributed by atoms with Crippen LogP contribution >= 0.6 is 0 Å². The van der Waals surface area contributed by atoms with Crippen LogP contribution in [-0.2, 0) is 4.79 Å². The van der Waals surface area contributed by atoms with E-state index in [1.54, 1.807) is 12.2 Å². The van der Waals surface area contributed by atoms with Crippen LogP contribution in [0.1, 0.15) is 13.8 Å². The van der Waals surface area contributed by atoms with Crippen LogP contribution in [0.15, 0.2) is 36.6 Å². The van der Waals surface area contributed by atoms with Crippen molar-refractivity contribution in [2.45, 2.75) is 13.8 Å². The van der Waals surface area contributed by atoms with Crippen molar-refractivity contribution in [2.75, 3.05) is 0 Å². The molecule has 11 heavy (non-hydrogen) atoms. The Balaban J connectivity index is 4.28. The van der Waals surface area contributed by atoms with Gasteiger partial charge in [-0.2, -0.15) is 0 Å². The normalized spacial score (nSPS) is 10.5. The lowest BCUT2D eigenvalue weighted by molar-refractivity contribution is -0.118. The van der Waals surface area contributed by atoms with E-state index in [0.29, 0.717) is 5.70 Å². The minimum atomic E-state index is -0.0996. The molecule has 0 heterocycles. The van der Waals surface area contributed by atoms with Crippen molar-refractivity contribution in [3.63, 3.8) is 0 Å². The first kappa shape index (κ1) is 9.69. The highest BCUT2D eigenvalue weighted by Crippen LogP contribution is 1.96. The van der Waals surface area contributed by atoms with Gasteiger partial charge in [0.25, 0.3) is 0 Å². The number of rotatable bonds is 3. The summed E-state index contributed by atoms with van der Waals surface area (Å²) in [5, 5.41) is 2.60. The number of hydrogen-bond donors (Lipinski definition) is 1. The molecule has 0 fully saturated rings. The van der Waals surface area contributed by atoms with Gasteiger partial charge in [0.1, 0.15) is 0 Å². The molecule has 0 bridgehead atoms. The predicted octanol–water partition coefficient (Wildman–Crippen LogP) is 1.77. The summed E-state index contributed by atoms with van der Waals surface area (Å²) in [7, 11) is 0. The molecule has 0 aliphatic carbocycles. The highest BCUT2D eigenvalue weighted by molar-refractivity contribution is 5.75. The second kappa shape index (κ2) is 4.50. The molecule has 0 atom stereocenters. The summed E-state index contributed by atoms with van der Waals surface area (Å²) in [5.74, 6) is -0.0996. The van der Waals surface area contributed by atoms with E-state index in [1.807, 2.05) is 6.92 Å². The fraction of sp³-hybridized carbons (Fsp3) is 0.222. The highest BCUT2D eigenvalue weighted by atomic mass is 16.1. The minimum Gasteiger partial charge on any atom is -0.326 e.